The lowest BCUT2D eigenvalue weighted by atomic mass is 9.98. The van der Waals surface area contributed by atoms with Crippen molar-refractivity contribution in [3.05, 3.63) is 35.4 Å². The van der Waals surface area contributed by atoms with E-state index in [0.29, 0.717) is 0 Å². The summed E-state index contributed by atoms with van der Waals surface area (Å²) < 4.78 is 0. The van der Waals surface area contributed by atoms with Crippen LogP contribution in [0.1, 0.15) is 51.2 Å². The van der Waals surface area contributed by atoms with Crippen LogP contribution in [-0.2, 0) is 13.0 Å². The van der Waals surface area contributed by atoms with Gasteiger partial charge in [-0.3, -0.25) is 4.90 Å². The lowest BCUT2D eigenvalue weighted by molar-refractivity contribution is 0.0714. The zero-order chi connectivity index (χ0) is 13.9. The van der Waals surface area contributed by atoms with Gasteiger partial charge in [0.1, 0.15) is 0 Å². The fourth-order valence-corrected chi connectivity index (χ4v) is 2.72. The van der Waals surface area contributed by atoms with E-state index < -0.39 is 5.60 Å². The van der Waals surface area contributed by atoms with E-state index in [4.69, 9.17) is 0 Å². The number of rotatable bonds is 5. The van der Waals surface area contributed by atoms with Gasteiger partial charge in [-0.1, -0.05) is 24.3 Å². The SMILES string of the molecule is C[C@@H]1CCCN1Cc1ccc(CCC(C)(C)O)cc1. The van der Waals surface area contributed by atoms with Crippen molar-refractivity contribution in [2.24, 2.45) is 0 Å². The summed E-state index contributed by atoms with van der Waals surface area (Å²) in [5.74, 6) is 0. The summed E-state index contributed by atoms with van der Waals surface area (Å²) >= 11 is 0. The van der Waals surface area contributed by atoms with Crippen molar-refractivity contribution in [3.8, 4) is 0 Å². The fraction of sp³-hybridized carbons (Fsp3) is 0.647. The van der Waals surface area contributed by atoms with Crippen LogP contribution in [0.15, 0.2) is 24.3 Å². The van der Waals surface area contributed by atoms with Crippen LogP contribution in [0.5, 0.6) is 0 Å². The highest BCUT2D eigenvalue weighted by Crippen LogP contribution is 2.20. The van der Waals surface area contributed by atoms with Gasteiger partial charge in [-0.2, -0.15) is 0 Å². The van der Waals surface area contributed by atoms with Crippen LogP contribution in [0.3, 0.4) is 0 Å². The maximum atomic E-state index is 9.75. The van der Waals surface area contributed by atoms with Crippen molar-refractivity contribution in [2.75, 3.05) is 6.54 Å². The summed E-state index contributed by atoms with van der Waals surface area (Å²) in [5, 5.41) is 9.75. The van der Waals surface area contributed by atoms with Gasteiger partial charge in [-0.15, -0.1) is 0 Å². The van der Waals surface area contributed by atoms with E-state index in [1.165, 1.54) is 30.5 Å². The molecule has 0 unspecified atom stereocenters. The molecule has 1 saturated heterocycles. The van der Waals surface area contributed by atoms with Crippen molar-refractivity contribution in [2.45, 2.75) is 64.6 Å². The van der Waals surface area contributed by atoms with E-state index in [2.05, 4.69) is 36.1 Å². The predicted molar refractivity (Wildman–Crippen MR) is 80.2 cm³/mol. The zero-order valence-electron chi connectivity index (χ0n) is 12.5. The van der Waals surface area contributed by atoms with Crippen LogP contribution >= 0.6 is 0 Å². The maximum Gasteiger partial charge on any atom is 0.0594 e. The first-order chi connectivity index (χ1) is 8.94. The average molecular weight is 261 g/mol. The lowest BCUT2D eigenvalue weighted by Gasteiger charge is -2.21. The molecule has 0 radical (unpaired) electrons. The minimum atomic E-state index is -0.566. The molecule has 2 rings (SSSR count). The van der Waals surface area contributed by atoms with Crippen molar-refractivity contribution in [3.63, 3.8) is 0 Å². The van der Waals surface area contributed by atoms with Gasteiger partial charge >= 0.3 is 0 Å². The molecule has 106 valence electrons. The summed E-state index contributed by atoms with van der Waals surface area (Å²) in [6.45, 7) is 8.38. The number of hydrogen-bond donors (Lipinski definition) is 1. The Balaban J connectivity index is 1.87. The molecule has 19 heavy (non-hydrogen) atoms. The Bertz CT molecular complexity index is 391. The Morgan fingerprint density at radius 1 is 1.21 bits per heavy atom. The van der Waals surface area contributed by atoms with Crippen LogP contribution in [-0.4, -0.2) is 28.2 Å². The van der Waals surface area contributed by atoms with E-state index in [-0.39, 0.29) is 0 Å². The minimum Gasteiger partial charge on any atom is -0.390 e. The summed E-state index contributed by atoms with van der Waals surface area (Å²) in [5.41, 5.74) is 2.16. The van der Waals surface area contributed by atoms with Crippen LogP contribution in [0.2, 0.25) is 0 Å². The second kappa shape index (κ2) is 6.06. The smallest absolute Gasteiger partial charge is 0.0594 e. The molecule has 1 aliphatic rings. The zero-order valence-corrected chi connectivity index (χ0v) is 12.5. The van der Waals surface area contributed by atoms with Crippen molar-refractivity contribution in [1.29, 1.82) is 0 Å². The number of aryl methyl sites for hydroxylation is 1. The number of aliphatic hydroxyl groups is 1. The summed E-state index contributed by atoms with van der Waals surface area (Å²) in [6, 6.07) is 9.63. The quantitative estimate of drug-likeness (QED) is 0.878. The van der Waals surface area contributed by atoms with Crippen LogP contribution in [0, 0.1) is 0 Å². The third-order valence-electron chi connectivity index (χ3n) is 4.12. The van der Waals surface area contributed by atoms with E-state index in [1.807, 2.05) is 13.8 Å². The van der Waals surface area contributed by atoms with Crippen LogP contribution in [0.4, 0.5) is 0 Å². The highest BCUT2D eigenvalue weighted by Gasteiger charge is 2.19. The molecule has 1 heterocycles. The molecule has 1 atom stereocenters. The molecule has 0 aromatic heterocycles. The Kier molecular flexibility index (Phi) is 4.64. The van der Waals surface area contributed by atoms with Crippen LogP contribution < -0.4 is 0 Å². The second-order valence-electron chi connectivity index (χ2n) is 6.59. The van der Waals surface area contributed by atoms with Gasteiger partial charge < -0.3 is 5.11 Å². The fourth-order valence-electron chi connectivity index (χ4n) is 2.72. The molecule has 1 aromatic carbocycles. The van der Waals surface area contributed by atoms with E-state index >= 15 is 0 Å². The Hall–Kier alpha value is -0.860. The first kappa shape index (κ1) is 14.5. The van der Waals surface area contributed by atoms with Gasteiger partial charge in [-0.25, -0.2) is 0 Å². The largest absolute Gasteiger partial charge is 0.390 e. The first-order valence-corrected chi connectivity index (χ1v) is 7.48. The van der Waals surface area contributed by atoms with Gasteiger partial charge in [-0.05, 0) is 64.1 Å². The molecule has 1 N–H and O–H groups in total. The topological polar surface area (TPSA) is 23.5 Å². The lowest BCUT2D eigenvalue weighted by Crippen LogP contribution is -2.26. The van der Waals surface area contributed by atoms with Gasteiger partial charge in [0.15, 0.2) is 0 Å². The minimum absolute atomic E-state index is 0.566. The number of likely N-dealkylation sites (tertiary alicyclic amines) is 1. The highest BCUT2D eigenvalue weighted by molar-refractivity contribution is 5.23. The van der Waals surface area contributed by atoms with Crippen LogP contribution in [0.25, 0.3) is 0 Å². The summed E-state index contributed by atoms with van der Waals surface area (Å²) in [4.78, 5) is 2.56. The molecule has 0 aliphatic carbocycles. The number of nitrogens with zero attached hydrogens (tertiary/aromatic N) is 1. The molecular weight excluding hydrogens is 234 g/mol. The number of benzene rings is 1. The molecule has 2 nitrogen and oxygen atoms in total. The predicted octanol–water partition coefficient (Wildman–Crippen LogP) is 3.37. The van der Waals surface area contributed by atoms with E-state index in [1.54, 1.807) is 0 Å². The van der Waals surface area contributed by atoms with Gasteiger partial charge in [0.25, 0.3) is 0 Å². The molecule has 1 fully saturated rings. The van der Waals surface area contributed by atoms with Gasteiger partial charge in [0.05, 0.1) is 5.60 Å². The van der Waals surface area contributed by atoms with Crippen molar-refractivity contribution >= 4 is 0 Å². The monoisotopic (exact) mass is 261 g/mol. The third kappa shape index (κ3) is 4.63. The number of hydrogen-bond acceptors (Lipinski definition) is 2. The Morgan fingerprint density at radius 2 is 1.84 bits per heavy atom. The third-order valence-corrected chi connectivity index (χ3v) is 4.12. The molecule has 0 amide bonds. The normalized spacial score (nSPS) is 20.9. The molecule has 0 saturated carbocycles. The molecule has 0 spiro atoms. The molecule has 2 heteroatoms. The van der Waals surface area contributed by atoms with Gasteiger partial charge in [0, 0.05) is 12.6 Å². The Labute approximate surface area is 117 Å². The second-order valence-corrected chi connectivity index (χ2v) is 6.59. The summed E-state index contributed by atoms with van der Waals surface area (Å²) in [6.07, 6.45) is 4.44. The molecule has 0 bridgehead atoms. The maximum absolute atomic E-state index is 9.75. The summed E-state index contributed by atoms with van der Waals surface area (Å²) in [7, 11) is 0. The van der Waals surface area contributed by atoms with Crippen molar-refractivity contribution in [1.82, 2.24) is 4.90 Å². The Morgan fingerprint density at radius 3 is 2.37 bits per heavy atom. The van der Waals surface area contributed by atoms with Gasteiger partial charge in [0.2, 0.25) is 0 Å². The van der Waals surface area contributed by atoms with Crippen molar-refractivity contribution < 1.29 is 5.11 Å². The first-order valence-electron chi connectivity index (χ1n) is 7.48. The average Bonchev–Trinajstić information content (AvgIpc) is 2.73. The highest BCUT2D eigenvalue weighted by atomic mass is 16.3. The molecule has 1 aliphatic heterocycles. The molecular formula is C17H27NO. The van der Waals surface area contributed by atoms with E-state index in [0.717, 1.165) is 25.4 Å². The van der Waals surface area contributed by atoms with E-state index in [9.17, 15) is 5.11 Å². The molecule has 1 aromatic rings. The standard InChI is InChI=1S/C17H27NO/c1-14-5-4-12-18(14)13-16-8-6-15(7-9-16)10-11-17(2,3)19/h6-9,14,19H,4-5,10-13H2,1-3H3/t14-/m1/s1.